The SMILES string of the molecule is CC(=O)N[C@@H](C)COc1cc2ncnc(Nc3ccc(Br)cc3F)c2cc1N. The molecule has 1 atom stereocenters. The van der Waals surface area contributed by atoms with E-state index >= 15 is 0 Å². The fourth-order valence-corrected chi connectivity index (χ4v) is 2.98. The molecular weight excluding hydrogens is 429 g/mol. The van der Waals surface area contributed by atoms with Gasteiger partial charge in [0.1, 0.15) is 30.3 Å². The minimum absolute atomic E-state index is 0.133. The second kappa shape index (κ2) is 8.39. The number of carbonyl (C=O) groups is 1. The number of rotatable bonds is 6. The second-order valence-electron chi connectivity index (χ2n) is 6.29. The average Bonchev–Trinajstić information content (AvgIpc) is 2.62. The third-order valence-corrected chi connectivity index (χ3v) is 4.38. The highest BCUT2D eigenvalue weighted by Crippen LogP contribution is 2.32. The van der Waals surface area contributed by atoms with E-state index in [-0.39, 0.29) is 24.2 Å². The van der Waals surface area contributed by atoms with Crippen LogP contribution in [0.2, 0.25) is 0 Å². The average molecular weight is 448 g/mol. The molecule has 9 heteroatoms. The van der Waals surface area contributed by atoms with Crippen molar-refractivity contribution in [3.63, 3.8) is 0 Å². The lowest BCUT2D eigenvalue weighted by molar-refractivity contribution is -0.119. The summed E-state index contributed by atoms with van der Waals surface area (Å²) in [4.78, 5) is 19.5. The molecule has 0 fully saturated rings. The summed E-state index contributed by atoms with van der Waals surface area (Å²) < 4.78 is 20.5. The van der Waals surface area contributed by atoms with Crippen LogP contribution in [0, 0.1) is 5.82 Å². The van der Waals surface area contributed by atoms with E-state index in [9.17, 15) is 9.18 Å². The van der Waals surface area contributed by atoms with E-state index in [0.717, 1.165) is 0 Å². The molecule has 0 spiro atoms. The molecule has 7 nitrogen and oxygen atoms in total. The number of amides is 1. The molecule has 3 aromatic rings. The van der Waals surface area contributed by atoms with Crippen molar-refractivity contribution < 1.29 is 13.9 Å². The molecule has 2 aromatic carbocycles. The van der Waals surface area contributed by atoms with Crippen LogP contribution in [0.4, 0.5) is 21.6 Å². The van der Waals surface area contributed by atoms with E-state index in [1.165, 1.54) is 19.3 Å². The summed E-state index contributed by atoms with van der Waals surface area (Å²) in [6.07, 6.45) is 1.38. The Labute approximate surface area is 169 Å². The monoisotopic (exact) mass is 447 g/mol. The van der Waals surface area contributed by atoms with Gasteiger partial charge in [-0.05, 0) is 31.2 Å². The largest absolute Gasteiger partial charge is 0.489 e. The van der Waals surface area contributed by atoms with Crippen molar-refractivity contribution in [1.82, 2.24) is 15.3 Å². The zero-order valence-electron chi connectivity index (χ0n) is 15.3. The van der Waals surface area contributed by atoms with Crippen molar-refractivity contribution in [2.45, 2.75) is 19.9 Å². The minimum Gasteiger partial charge on any atom is -0.489 e. The highest BCUT2D eigenvalue weighted by atomic mass is 79.9. The quantitative estimate of drug-likeness (QED) is 0.497. The maximum absolute atomic E-state index is 14.1. The fourth-order valence-electron chi connectivity index (χ4n) is 2.65. The lowest BCUT2D eigenvalue weighted by Gasteiger charge is -2.16. The zero-order chi connectivity index (χ0) is 20.3. The number of nitrogens with two attached hydrogens (primary N) is 1. The Kier molecular flexibility index (Phi) is 5.93. The summed E-state index contributed by atoms with van der Waals surface area (Å²) in [5.41, 5.74) is 7.37. The third-order valence-electron chi connectivity index (χ3n) is 3.89. The summed E-state index contributed by atoms with van der Waals surface area (Å²) in [7, 11) is 0. The topological polar surface area (TPSA) is 102 Å². The molecule has 0 unspecified atom stereocenters. The maximum atomic E-state index is 14.1. The lowest BCUT2D eigenvalue weighted by Crippen LogP contribution is -2.35. The van der Waals surface area contributed by atoms with Crippen molar-refractivity contribution in [3.05, 3.63) is 46.9 Å². The molecule has 4 N–H and O–H groups in total. The lowest BCUT2D eigenvalue weighted by atomic mass is 10.2. The number of ether oxygens (including phenoxy) is 1. The molecule has 0 aliphatic heterocycles. The van der Waals surface area contributed by atoms with Crippen LogP contribution in [-0.4, -0.2) is 28.5 Å². The predicted molar refractivity (Wildman–Crippen MR) is 110 cm³/mol. The number of nitrogens with zero attached hydrogens (tertiary/aromatic N) is 2. The van der Waals surface area contributed by atoms with Crippen LogP contribution in [0.25, 0.3) is 10.9 Å². The maximum Gasteiger partial charge on any atom is 0.217 e. The number of nitrogen functional groups attached to an aromatic ring is 1. The van der Waals surface area contributed by atoms with Crippen LogP contribution in [0.5, 0.6) is 5.75 Å². The van der Waals surface area contributed by atoms with E-state index in [2.05, 4.69) is 36.5 Å². The molecule has 0 aliphatic carbocycles. The molecule has 1 amide bonds. The third kappa shape index (κ3) is 4.66. The van der Waals surface area contributed by atoms with Gasteiger partial charge in [0, 0.05) is 22.8 Å². The molecule has 146 valence electrons. The highest BCUT2D eigenvalue weighted by molar-refractivity contribution is 9.10. The minimum atomic E-state index is -0.416. The van der Waals surface area contributed by atoms with Crippen LogP contribution in [0.15, 0.2) is 41.1 Å². The van der Waals surface area contributed by atoms with Crippen LogP contribution >= 0.6 is 15.9 Å². The molecular formula is C19H19BrFN5O2. The van der Waals surface area contributed by atoms with Crippen LogP contribution in [-0.2, 0) is 4.79 Å². The summed E-state index contributed by atoms with van der Waals surface area (Å²) in [5, 5.41) is 6.34. The van der Waals surface area contributed by atoms with Crippen LogP contribution in [0.1, 0.15) is 13.8 Å². The van der Waals surface area contributed by atoms with Gasteiger partial charge >= 0.3 is 0 Å². The number of nitrogens with one attached hydrogen (secondary N) is 2. The van der Waals surface area contributed by atoms with E-state index < -0.39 is 5.82 Å². The molecule has 0 aliphatic rings. The molecule has 28 heavy (non-hydrogen) atoms. The first kappa shape index (κ1) is 19.8. The molecule has 1 heterocycles. The first-order valence-electron chi connectivity index (χ1n) is 8.49. The van der Waals surface area contributed by atoms with E-state index in [1.54, 1.807) is 24.3 Å². The molecule has 0 bridgehead atoms. The number of fused-ring (bicyclic) bond motifs is 1. The van der Waals surface area contributed by atoms with Gasteiger partial charge in [0.05, 0.1) is 22.9 Å². The van der Waals surface area contributed by atoms with Gasteiger partial charge in [0.2, 0.25) is 5.91 Å². The molecule has 1 aromatic heterocycles. The normalized spacial score (nSPS) is 11.9. The standard InChI is InChI=1S/C19H19BrFN5O2/c1-10(25-11(2)27)8-28-18-7-17-13(6-15(18)22)19(24-9-23-17)26-16-4-3-12(20)5-14(16)21/h3-7,9-10H,8,22H2,1-2H3,(H,25,27)(H,23,24,26)/t10-/m0/s1. The number of carbonyl (C=O) groups excluding carboxylic acids is 1. The van der Waals surface area contributed by atoms with E-state index in [0.29, 0.717) is 32.6 Å². The fraction of sp³-hybridized carbons (Fsp3) is 0.211. The van der Waals surface area contributed by atoms with Crippen LogP contribution in [0.3, 0.4) is 0 Å². The Bertz CT molecular complexity index is 1030. The number of aromatic nitrogens is 2. The van der Waals surface area contributed by atoms with Crippen molar-refractivity contribution >= 4 is 49.9 Å². The first-order valence-corrected chi connectivity index (χ1v) is 9.29. The number of anilines is 3. The van der Waals surface area contributed by atoms with Gasteiger partial charge in [-0.1, -0.05) is 15.9 Å². The van der Waals surface area contributed by atoms with Gasteiger partial charge in [0.25, 0.3) is 0 Å². The molecule has 3 rings (SSSR count). The van der Waals surface area contributed by atoms with E-state index in [4.69, 9.17) is 10.5 Å². The van der Waals surface area contributed by atoms with Crippen molar-refractivity contribution in [3.8, 4) is 5.75 Å². The van der Waals surface area contributed by atoms with E-state index in [1.807, 2.05) is 6.92 Å². The van der Waals surface area contributed by atoms with Crippen molar-refractivity contribution in [2.75, 3.05) is 17.7 Å². The van der Waals surface area contributed by atoms with Gasteiger partial charge in [-0.15, -0.1) is 0 Å². The highest BCUT2D eigenvalue weighted by Gasteiger charge is 2.12. The smallest absolute Gasteiger partial charge is 0.217 e. The van der Waals surface area contributed by atoms with Gasteiger partial charge in [-0.3, -0.25) is 4.79 Å². The number of hydrogen-bond acceptors (Lipinski definition) is 6. The van der Waals surface area contributed by atoms with Gasteiger partial charge in [0.15, 0.2) is 0 Å². The molecule has 0 radical (unpaired) electrons. The second-order valence-corrected chi connectivity index (χ2v) is 7.21. The van der Waals surface area contributed by atoms with Crippen LogP contribution < -0.4 is 21.1 Å². The Hall–Kier alpha value is -2.94. The van der Waals surface area contributed by atoms with Gasteiger partial charge in [-0.25, -0.2) is 14.4 Å². The number of halogens is 2. The summed E-state index contributed by atoms with van der Waals surface area (Å²) in [6, 6.07) is 7.89. The first-order chi connectivity index (χ1) is 13.3. The Morgan fingerprint density at radius 2 is 2.11 bits per heavy atom. The predicted octanol–water partition coefficient (Wildman–Crippen LogP) is 3.76. The summed E-state index contributed by atoms with van der Waals surface area (Å²) in [6.45, 7) is 3.53. The van der Waals surface area contributed by atoms with Gasteiger partial charge < -0.3 is 21.1 Å². The Morgan fingerprint density at radius 3 is 2.82 bits per heavy atom. The number of benzene rings is 2. The van der Waals surface area contributed by atoms with Crippen molar-refractivity contribution in [1.29, 1.82) is 0 Å². The Morgan fingerprint density at radius 1 is 1.32 bits per heavy atom. The summed E-state index contributed by atoms with van der Waals surface area (Å²) in [5.74, 6) is 0.326. The number of hydrogen-bond donors (Lipinski definition) is 3. The Balaban J connectivity index is 1.86. The van der Waals surface area contributed by atoms with Crippen molar-refractivity contribution in [2.24, 2.45) is 0 Å². The zero-order valence-corrected chi connectivity index (χ0v) is 16.9. The molecule has 0 saturated carbocycles. The molecule has 0 saturated heterocycles. The summed E-state index contributed by atoms with van der Waals surface area (Å²) >= 11 is 3.23. The van der Waals surface area contributed by atoms with Gasteiger partial charge in [-0.2, -0.15) is 0 Å².